The average Bonchev–Trinajstić information content (AvgIpc) is 3.10. The summed E-state index contributed by atoms with van der Waals surface area (Å²) in [6, 6.07) is 8.38. The Balaban J connectivity index is 0.00000312. The van der Waals surface area contributed by atoms with Crippen LogP contribution in [0.15, 0.2) is 40.8 Å². The summed E-state index contributed by atoms with van der Waals surface area (Å²) in [4.78, 5) is 12.0. The Morgan fingerprint density at radius 2 is 2.04 bits per heavy atom. The highest BCUT2D eigenvalue weighted by atomic mass is 127. The number of rotatable bonds is 6. The van der Waals surface area contributed by atoms with Gasteiger partial charge in [-0.05, 0) is 29.1 Å². The van der Waals surface area contributed by atoms with Gasteiger partial charge in [0.15, 0.2) is 5.96 Å². The summed E-state index contributed by atoms with van der Waals surface area (Å²) in [5, 5.41) is 8.91. The van der Waals surface area contributed by atoms with E-state index in [1.54, 1.807) is 18.4 Å². The zero-order chi connectivity index (χ0) is 17.6. The maximum Gasteiger partial charge on any atom is 0.191 e. The minimum absolute atomic E-state index is 0. The molecule has 0 saturated heterocycles. The van der Waals surface area contributed by atoms with Gasteiger partial charge in [-0.2, -0.15) is 0 Å². The number of anilines is 1. The lowest BCUT2D eigenvalue weighted by Crippen LogP contribution is -2.42. The van der Waals surface area contributed by atoms with Gasteiger partial charge in [-0.25, -0.2) is 4.98 Å². The van der Waals surface area contributed by atoms with Crippen LogP contribution in [0, 0.1) is 0 Å². The van der Waals surface area contributed by atoms with Crippen molar-refractivity contribution in [2.45, 2.75) is 25.8 Å². The molecule has 0 radical (unpaired) electrons. The first-order valence-electron chi connectivity index (χ1n) is 8.03. The summed E-state index contributed by atoms with van der Waals surface area (Å²) in [5.74, 6) is 1.76. The number of halogens is 1. The summed E-state index contributed by atoms with van der Waals surface area (Å²) >= 11 is 1.79. The van der Waals surface area contributed by atoms with Crippen molar-refractivity contribution in [1.82, 2.24) is 15.6 Å². The van der Waals surface area contributed by atoms with E-state index in [0.29, 0.717) is 6.54 Å². The van der Waals surface area contributed by atoms with Crippen molar-refractivity contribution in [3.05, 3.63) is 46.3 Å². The highest BCUT2D eigenvalue weighted by Crippen LogP contribution is 2.26. The van der Waals surface area contributed by atoms with Crippen LogP contribution in [0.4, 0.5) is 5.82 Å². The van der Waals surface area contributed by atoms with Crippen molar-refractivity contribution in [2.24, 2.45) is 4.99 Å². The van der Waals surface area contributed by atoms with E-state index in [1.165, 1.54) is 10.4 Å². The SMILES string of the molecule is CN=C(NCc1ccnc(N(C)C)c1)NCC(C)(C)c1cccs1.I. The van der Waals surface area contributed by atoms with Gasteiger partial charge in [0.05, 0.1) is 0 Å². The molecule has 2 N–H and O–H groups in total. The monoisotopic (exact) mass is 473 g/mol. The molecule has 0 fully saturated rings. The van der Waals surface area contributed by atoms with E-state index >= 15 is 0 Å². The molecule has 2 aromatic heterocycles. The topological polar surface area (TPSA) is 52.6 Å². The molecule has 0 atom stereocenters. The molecule has 2 aromatic rings. The van der Waals surface area contributed by atoms with Crippen LogP contribution in [0.2, 0.25) is 0 Å². The second-order valence-corrected chi connectivity index (χ2v) is 7.50. The van der Waals surface area contributed by atoms with Crippen LogP contribution >= 0.6 is 35.3 Å². The number of pyridine rings is 1. The Hall–Kier alpha value is -1.35. The van der Waals surface area contributed by atoms with E-state index in [4.69, 9.17) is 0 Å². The molecule has 0 unspecified atom stereocenters. The third kappa shape index (κ3) is 6.47. The van der Waals surface area contributed by atoms with Gasteiger partial charge in [-0.1, -0.05) is 19.9 Å². The Morgan fingerprint density at radius 3 is 2.64 bits per heavy atom. The fourth-order valence-corrected chi connectivity index (χ4v) is 3.13. The molecule has 0 spiro atoms. The molecule has 0 aliphatic heterocycles. The maximum atomic E-state index is 4.34. The molecule has 2 heterocycles. The first-order chi connectivity index (χ1) is 11.4. The van der Waals surface area contributed by atoms with Gasteiger partial charge in [0.2, 0.25) is 0 Å². The summed E-state index contributed by atoms with van der Waals surface area (Å²) < 4.78 is 0. The van der Waals surface area contributed by atoms with Crippen LogP contribution in [0.25, 0.3) is 0 Å². The molecule has 0 aromatic carbocycles. The number of aromatic nitrogens is 1. The minimum Gasteiger partial charge on any atom is -0.363 e. The molecule has 0 bridgehead atoms. The van der Waals surface area contributed by atoms with Crippen LogP contribution in [0.1, 0.15) is 24.3 Å². The molecule has 5 nitrogen and oxygen atoms in total. The number of hydrogen-bond acceptors (Lipinski definition) is 4. The molecule has 138 valence electrons. The zero-order valence-electron chi connectivity index (χ0n) is 15.5. The van der Waals surface area contributed by atoms with Crippen LogP contribution in [-0.4, -0.2) is 38.6 Å². The normalized spacial score (nSPS) is 11.6. The number of guanidine groups is 1. The van der Waals surface area contributed by atoms with Gasteiger partial charge < -0.3 is 15.5 Å². The standard InChI is InChI=1S/C18H27N5S.HI/c1-18(2,15-7-6-10-24-15)13-22-17(19-3)21-12-14-8-9-20-16(11-14)23(4)5;/h6-11H,12-13H2,1-5H3,(H2,19,21,22);1H. The summed E-state index contributed by atoms with van der Waals surface area (Å²) in [6.07, 6.45) is 1.84. The fraction of sp³-hybridized carbons (Fsp3) is 0.444. The molecule has 7 heteroatoms. The lowest BCUT2D eigenvalue weighted by molar-refractivity contribution is 0.518. The molecule has 0 saturated carbocycles. The van der Waals surface area contributed by atoms with Gasteiger partial charge in [-0.3, -0.25) is 4.99 Å². The Bertz CT molecular complexity index is 668. The molecular formula is C18H28IN5S. The van der Waals surface area contributed by atoms with Crippen molar-refractivity contribution in [3.63, 3.8) is 0 Å². The smallest absolute Gasteiger partial charge is 0.191 e. The van der Waals surface area contributed by atoms with Crippen LogP contribution in [0.5, 0.6) is 0 Å². The summed E-state index contributed by atoms with van der Waals surface area (Å²) in [7, 11) is 5.78. The van der Waals surface area contributed by atoms with Gasteiger partial charge >= 0.3 is 0 Å². The first kappa shape index (κ1) is 21.7. The number of nitrogens with zero attached hydrogens (tertiary/aromatic N) is 3. The number of thiophene rings is 1. The fourth-order valence-electron chi connectivity index (χ4n) is 2.28. The minimum atomic E-state index is 0. The van der Waals surface area contributed by atoms with E-state index in [2.05, 4.69) is 58.0 Å². The van der Waals surface area contributed by atoms with E-state index in [9.17, 15) is 0 Å². The maximum absolute atomic E-state index is 4.34. The highest BCUT2D eigenvalue weighted by Gasteiger charge is 2.21. The lowest BCUT2D eigenvalue weighted by atomic mass is 9.91. The van der Waals surface area contributed by atoms with Crippen molar-refractivity contribution in [3.8, 4) is 0 Å². The van der Waals surface area contributed by atoms with Crippen LogP contribution in [-0.2, 0) is 12.0 Å². The van der Waals surface area contributed by atoms with Gasteiger partial charge in [-0.15, -0.1) is 35.3 Å². The quantitative estimate of drug-likeness (QED) is 0.383. The van der Waals surface area contributed by atoms with Crippen molar-refractivity contribution >= 4 is 47.1 Å². The first-order valence-corrected chi connectivity index (χ1v) is 8.91. The van der Waals surface area contributed by atoms with Crippen LogP contribution in [0.3, 0.4) is 0 Å². The Kier molecular flexibility index (Phi) is 8.64. The van der Waals surface area contributed by atoms with Crippen LogP contribution < -0.4 is 15.5 Å². The second kappa shape index (κ2) is 9.96. The van der Waals surface area contributed by atoms with Crippen molar-refractivity contribution in [2.75, 3.05) is 32.6 Å². The van der Waals surface area contributed by atoms with Gasteiger partial charge in [0.25, 0.3) is 0 Å². The van der Waals surface area contributed by atoms with E-state index in [0.717, 1.165) is 18.3 Å². The molecular weight excluding hydrogens is 445 g/mol. The molecule has 25 heavy (non-hydrogen) atoms. The molecule has 0 aliphatic rings. The third-order valence-corrected chi connectivity index (χ3v) is 5.07. The molecule has 2 rings (SSSR count). The number of aliphatic imine (C=N–C) groups is 1. The van der Waals surface area contributed by atoms with Crippen molar-refractivity contribution in [1.29, 1.82) is 0 Å². The van der Waals surface area contributed by atoms with E-state index in [-0.39, 0.29) is 29.4 Å². The van der Waals surface area contributed by atoms with Gasteiger partial charge in [0.1, 0.15) is 5.82 Å². The Morgan fingerprint density at radius 1 is 1.28 bits per heavy atom. The third-order valence-electron chi connectivity index (χ3n) is 3.84. The summed E-state index contributed by atoms with van der Waals surface area (Å²) in [5.41, 5.74) is 1.25. The highest BCUT2D eigenvalue weighted by molar-refractivity contribution is 14.0. The average molecular weight is 473 g/mol. The molecule has 0 aliphatic carbocycles. The predicted molar refractivity (Wildman–Crippen MR) is 120 cm³/mol. The number of nitrogens with one attached hydrogen (secondary N) is 2. The largest absolute Gasteiger partial charge is 0.363 e. The van der Waals surface area contributed by atoms with Gasteiger partial charge in [0, 0.05) is 50.7 Å². The Labute approximate surface area is 172 Å². The predicted octanol–water partition coefficient (Wildman–Crippen LogP) is 3.47. The lowest BCUT2D eigenvalue weighted by Gasteiger charge is -2.25. The van der Waals surface area contributed by atoms with Crippen molar-refractivity contribution < 1.29 is 0 Å². The second-order valence-electron chi connectivity index (χ2n) is 6.56. The number of hydrogen-bond donors (Lipinski definition) is 2. The molecule has 0 amide bonds. The zero-order valence-corrected chi connectivity index (χ0v) is 18.7. The summed E-state index contributed by atoms with van der Waals surface area (Å²) in [6.45, 7) is 6.02. The van der Waals surface area contributed by atoms with E-state index in [1.807, 2.05) is 31.3 Å². The van der Waals surface area contributed by atoms with E-state index < -0.39 is 0 Å².